The van der Waals surface area contributed by atoms with Gasteiger partial charge in [0.15, 0.2) is 0 Å². The van der Waals surface area contributed by atoms with Gasteiger partial charge in [-0.15, -0.1) is 0 Å². The molecule has 2 N–H and O–H groups in total. The molecule has 0 saturated heterocycles. The van der Waals surface area contributed by atoms with Crippen LogP contribution in [0.25, 0.3) is 0 Å². The Morgan fingerprint density at radius 2 is 2.36 bits per heavy atom. The van der Waals surface area contributed by atoms with E-state index in [1.54, 1.807) is 6.20 Å². The SMILES string of the molecule is CC(C)(N)Cn1nccc1Br. The first kappa shape index (κ1) is 8.74. The van der Waals surface area contributed by atoms with Crippen LogP contribution in [0.2, 0.25) is 0 Å². The number of nitrogens with two attached hydrogens (primary N) is 1. The van der Waals surface area contributed by atoms with E-state index in [4.69, 9.17) is 5.73 Å². The number of rotatable bonds is 2. The monoisotopic (exact) mass is 217 g/mol. The van der Waals surface area contributed by atoms with E-state index in [0.29, 0.717) is 0 Å². The molecule has 0 fully saturated rings. The largest absolute Gasteiger partial charge is 0.324 e. The molecule has 0 unspecified atom stereocenters. The van der Waals surface area contributed by atoms with Crippen molar-refractivity contribution in [1.29, 1.82) is 0 Å². The third-order valence-corrected chi connectivity index (χ3v) is 1.90. The second-order valence-corrected chi connectivity index (χ2v) is 4.11. The average molecular weight is 218 g/mol. The van der Waals surface area contributed by atoms with Crippen LogP contribution in [0, 0.1) is 0 Å². The summed E-state index contributed by atoms with van der Waals surface area (Å²) in [4.78, 5) is 0. The number of hydrogen-bond donors (Lipinski definition) is 1. The van der Waals surface area contributed by atoms with E-state index in [9.17, 15) is 0 Å². The summed E-state index contributed by atoms with van der Waals surface area (Å²) in [5, 5.41) is 4.09. The molecule has 3 nitrogen and oxygen atoms in total. The standard InChI is InChI=1S/C7H12BrN3/c1-7(2,9)5-11-6(8)3-4-10-11/h3-4H,5,9H2,1-2H3. The van der Waals surface area contributed by atoms with Gasteiger partial charge in [-0.2, -0.15) is 5.10 Å². The van der Waals surface area contributed by atoms with Crippen LogP contribution in [0.15, 0.2) is 16.9 Å². The Labute approximate surface area is 74.7 Å². The molecule has 0 aromatic carbocycles. The van der Waals surface area contributed by atoms with Gasteiger partial charge < -0.3 is 5.73 Å². The fraction of sp³-hybridized carbons (Fsp3) is 0.571. The van der Waals surface area contributed by atoms with Crippen molar-refractivity contribution in [2.24, 2.45) is 5.73 Å². The van der Waals surface area contributed by atoms with Crippen LogP contribution in [-0.2, 0) is 6.54 Å². The van der Waals surface area contributed by atoms with E-state index in [1.165, 1.54) is 0 Å². The Balaban J connectivity index is 2.72. The zero-order chi connectivity index (χ0) is 8.48. The second kappa shape index (κ2) is 2.95. The Kier molecular flexibility index (Phi) is 2.34. The maximum absolute atomic E-state index is 5.81. The number of nitrogens with zero attached hydrogens (tertiary/aromatic N) is 2. The minimum absolute atomic E-state index is 0.214. The average Bonchev–Trinajstić information content (AvgIpc) is 2.12. The smallest absolute Gasteiger partial charge is 0.104 e. The topological polar surface area (TPSA) is 43.8 Å². The van der Waals surface area contributed by atoms with Crippen LogP contribution >= 0.6 is 15.9 Å². The molecule has 0 bridgehead atoms. The molecule has 0 aliphatic heterocycles. The highest BCUT2D eigenvalue weighted by molar-refractivity contribution is 9.10. The maximum atomic E-state index is 5.81. The van der Waals surface area contributed by atoms with Crippen molar-refractivity contribution < 1.29 is 0 Å². The minimum Gasteiger partial charge on any atom is -0.324 e. The normalized spacial score (nSPS) is 12.0. The first-order valence-corrected chi connectivity index (χ1v) is 4.24. The van der Waals surface area contributed by atoms with E-state index >= 15 is 0 Å². The Hall–Kier alpha value is -0.350. The van der Waals surface area contributed by atoms with Gasteiger partial charge in [0.25, 0.3) is 0 Å². The third-order valence-electron chi connectivity index (χ3n) is 1.22. The van der Waals surface area contributed by atoms with E-state index in [1.807, 2.05) is 24.6 Å². The maximum Gasteiger partial charge on any atom is 0.104 e. The van der Waals surface area contributed by atoms with Crippen molar-refractivity contribution >= 4 is 15.9 Å². The van der Waals surface area contributed by atoms with Gasteiger partial charge in [-0.25, -0.2) is 0 Å². The Bertz CT molecular complexity index is 236. The second-order valence-electron chi connectivity index (χ2n) is 3.30. The summed E-state index contributed by atoms with van der Waals surface area (Å²) in [5.41, 5.74) is 5.60. The quantitative estimate of drug-likeness (QED) is 0.814. The highest BCUT2D eigenvalue weighted by Gasteiger charge is 2.12. The Morgan fingerprint density at radius 3 is 2.73 bits per heavy atom. The molecular weight excluding hydrogens is 206 g/mol. The summed E-state index contributed by atoms with van der Waals surface area (Å²) in [5.74, 6) is 0. The highest BCUT2D eigenvalue weighted by atomic mass is 79.9. The van der Waals surface area contributed by atoms with Gasteiger partial charge >= 0.3 is 0 Å². The van der Waals surface area contributed by atoms with Crippen LogP contribution < -0.4 is 5.73 Å². The summed E-state index contributed by atoms with van der Waals surface area (Å²) >= 11 is 3.36. The van der Waals surface area contributed by atoms with Crippen molar-refractivity contribution in [3.05, 3.63) is 16.9 Å². The van der Waals surface area contributed by atoms with Gasteiger partial charge in [0.05, 0.1) is 12.7 Å². The molecule has 0 saturated carbocycles. The van der Waals surface area contributed by atoms with Gasteiger partial charge in [-0.3, -0.25) is 4.68 Å². The summed E-state index contributed by atoms with van der Waals surface area (Å²) in [7, 11) is 0. The van der Waals surface area contributed by atoms with E-state index in [0.717, 1.165) is 11.1 Å². The van der Waals surface area contributed by atoms with Crippen molar-refractivity contribution in [2.75, 3.05) is 0 Å². The molecule has 0 aliphatic rings. The van der Waals surface area contributed by atoms with E-state index in [-0.39, 0.29) is 5.54 Å². The predicted molar refractivity (Wildman–Crippen MR) is 48.2 cm³/mol. The molecule has 1 heterocycles. The van der Waals surface area contributed by atoms with Gasteiger partial charge in [0, 0.05) is 5.54 Å². The molecule has 11 heavy (non-hydrogen) atoms. The molecule has 1 rings (SSSR count). The molecule has 0 aliphatic carbocycles. The molecule has 1 aromatic heterocycles. The number of hydrogen-bond acceptors (Lipinski definition) is 2. The molecular formula is C7H12BrN3. The highest BCUT2D eigenvalue weighted by Crippen LogP contribution is 2.10. The van der Waals surface area contributed by atoms with Gasteiger partial charge in [0.2, 0.25) is 0 Å². The van der Waals surface area contributed by atoms with E-state index in [2.05, 4.69) is 21.0 Å². The van der Waals surface area contributed by atoms with Crippen molar-refractivity contribution in [2.45, 2.75) is 25.9 Å². The zero-order valence-electron chi connectivity index (χ0n) is 6.71. The summed E-state index contributed by atoms with van der Waals surface area (Å²) in [6.45, 7) is 4.67. The van der Waals surface area contributed by atoms with Gasteiger partial charge in [0.1, 0.15) is 4.60 Å². The van der Waals surface area contributed by atoms with Crippen molar-refractivity contribution in [1.82, 2.24) is 9.78 Å². The van der Waals surface area contributed by atoms with Crippen LogP contribution in [0.5, 0.6) is 0 Å². The number of aromatic nitrogens is 2. The lowest BCUT2D eigenvalue weighted by Gasteiger charge is -2.18. The fourth-order valence-corrected chi connectivity index (χ4v) is 1.15. The fourth-order valence-electron chi connectivity index (χ4n) is 0.819. The third kappa shape index (κ3) is 2.63. The molecule has 0 amide bonds. The minimum atomic E-state index is -0.214. The zero-order valence-corrected chi connectivity index (χ0v) is 8.30. The Morgan fingerprint density at radius 1 is 1.73 bits per heavy atom. The van der Waals surface area contributed by atoms with E-state index < -0.39 is 0 Å². The molecule has 0 spiro atoms. The van der Waals surface area contributed by atoms with Gasteiger partial charge in [-0.05, 0) is 35.8 Å². The molecule has 0 radical (unpaired) electrons. The lowest BCUT2D eigenvalue weighted by atomic mass is 10.1. The lowest BCUT2D eigenvalue weighted by Crippen LogP contribution is -2.37. The van der Waals surface area contributed by atoms with Crippen molar-refractivity contribution in [3.8, 4) is 0 Å². The van der Waals surface area contributed by atoms with Crippen LogP contribution in [-0.4, -0.2) is 15.3 Å². The van der Waals surface area contributed by atoms with Crippen LogP contribution in [0.3, 0.4) is 0 Å². The molecule has 4 heteroatoms. The van der Waals surface area contributed by atoms with Crippen LogP contribution in [0.4, 0.5) is 0 Å². The first-order chi connectivity index (χ1) is 4.99. The first-order valence-electron chi connectivity index (χ1n) is 3.45. The summed E-state index contributed by atoms with van der Waals surface area (Å²) in [6, 6.07) is 1.89. The number of halogens is 1. The van der Waals surface area contributed by atoms with Crippen LogP contribution in [0.1, 0.15) is 13.8 Å². The predicted octanol–water partition coefficient (Wildman–Crippen LogP) is 1.38. The van der Waals surface area contributed by atoms with Gasteiger partial charge in [-0.1, -0.05) is 0 Å². The summed E-state index contributed by atoms with van der Waals surface area (Å²) in [6.07, 6.45) is 1.75. The lowest BCUT2D eigenvalue weighted by molar-refractivity contribution is 0.404. The molecule has 0 atom stereocenters. The summed E-state index contributed by atoms with van der Waals surface area (Å²) < 4.78 is 2.80. The molecule has 62 valence electrons. The van der Waals surface area contributed by atoms with Crippen molar-refractivity contribution in [3.63, 3.8) is 0 Å². The molecule has 1 aromatic rings.